The van der Waals surface area contributed by atoms with Crippen LogP contribution in [0.25, 0.3) is 0 Å². The van der Waals surface area contributed by atoms with Crippen LogP contribution in [0.4, 0.5) is 5.69 Å². The van der Waals surface area contributed by atoms with E-state index in [-0.39, 0.29) is 5.91 Å². The van der Waals surface area contributed by atoms with Gasteiger partial charge in [-0.05, 0) is 35.4 Å². The Morgan fingerprint density at radius 2 is 2.06 bits per heavy atom. The molecule has 1 aromatic carbocycles. The highest BCUT2D eigenvalue weighted by Crippen LogP contribution is 2.27. The van der Waals surface area contributed by atoms with Crippen LogP contribution in [0.15, 0.2) is 41.8 Å². The standard InChI is InChI=1S/C15H17NOS/c1-3-11(2)12-7-4-5-8-13(12)16-15(17)14-9-6-10-18-14/h4-11H,3H2,1-2H3,(H,16,17)/t11-/m0/s1. The maximum absolute atomic E-state index is 12.0. The fraction of sp³-hybridized carbons (Fsp3) is 0.267. The Labute approximate surface area is 112 Å². The van der Waals surface area contributed by atoms with Crippen molar-refractivity contribution in [3.05, 3.63) is 52.2 Å². The summed E-state index contributed by atoms with van der Waals surface area (Å²) < 4.78 is 0. The summed E-state index contributed by atoms with van der Waals surface area (Å²) in [7, 11) is 0. The largest absolute Gasteiger partial charge is 0.321 e. The van der Waals surface area contributed by atoms with E-state index in [4.69, 9.17) is 0 Å². The highest BCUT2D eigenvalue weighted by Gasteiger charge is 2.12. The maximum Gasteiger partial charge on any atom is 0.265 e. The molecule has 0 aliphatic heterocycles. The number of anilines is 1. The van der Waals surface area contributed by atoms with Crippen molar-refractivity contribution in [2.75, 3.05) is 5.32 Å². The number of benzene rings is 1. The van der Waals surface area contributed by atoms with Crippen LogP contribution in [-0.2, 0) is 0 Å². The molecule has 0 saturated carbocycles. The smallest absolute Gasteiger partial charge is 0.265 e. The highest BCUT2D eigenvalue weighted by molar-refractivity contribution is 7.12. The van der Waals surface area contributed by atoms with Crippen LogP contribution in [0, 0.1) is 0 Å². The third-order valence-electron chi connectivity index (χ3n) is 3.10. The van der Waals surface area contributed by atoms with Gasteiger partial charge in [0.15, 0.2) is 0 Å². The van der Waals surface area contributed by atoms with Gasteiger partial charge in [0.05, 0.1) is 4.88 Å². The first kappa shape index (κ1) is 12.8. The summed E-state index contributed by atoms with van der Waals surface area (Å²) >= 11 is 1.46. The van der Waals surface area contributed by atoms with Crippen molar-refractivity contribution >= 4 is 22.9 Å². The second-order valence-corrected chi connectivity index (χ2v) is 5.28. The Bertz CT molecular complexity index is 519. The van der Waals surface area contributed by atoms with Crippen molar-refractivity contribution in [3.63, 3.8) is 0 Å². The monoisotopic (exact) mass is 259 g/mol. The lowest BCUT2D eigenvalue weighted by atomic mass is 9.97. The van der Waals surface area contributed by atoms with Crippen molar-refractivity contribution in [2.24, 2.45) is 0 Å². The lowest BCUT2D eigenvalue weighted by Gasteiger charge is -2.15. The average Bonchev–Trinajstić information content (AvgIpc) is 2.92. The molecule has 0 spiro atoms. The van der Waals surface area contributed by atoms with Gasteiger partial charge in [-0.25, -0.2) is 0 Å². The van der Waals surface area contributed by atoms with Crippen LogP contribution >= 0.6 is 11.3 Å². The second kappa shape index (κ2) is 5.83. The predicted molar refractivity (Wildman–Crippen MR) is 77.4 cm³/mol. The molecule has 2 aromatic rings. The molecule has 2 rings (SSSR count). The average molecular weight is 259 g/mol. The van der Waals surface area contributed by atoms with E-state index in [1.165, 1.54) is 16.9 Å². The second-order valence-electron chi connectivity index (χ2n) is 4.33. The molecule has 0 bridgehead atoms. The quantitative estimate of drug-likeness (QED) is 0.859. The van der Waals surface area contributed by atoms with Crippen molar-refractivity contribution in [1.82, 2.24) is 0 Å². The summed E-state index contributed by atoms with van der Waals surface area (Å²) in [5, 5.41) is 4.91. The Balaban J connectivity index is 2.21. The first-order valence-electron chi connectivity index (χ1n) is 6.16. The van der Waals surface area contributed by atoms with Gasteiger partial charge in [-0.3, -0.25) is 4.79 Å². The van der Waals surface area contributed by atoms with Crippen LogP contribution in [0.5, 0.6) is 0 Å². The van der Waals surface area contributed by atoms with E-state index in [9.17, 15) is 4.79 Å². The maximum atomic E-state index is 12.0. The number of hydrogen-bond acceptors (Lipinski definition) is 2. The molecule has 0 fully saturated rings. The van der Waals surface area contributed by atoms with Gasteiger partial charge in [0.25, 0.3) is 5.91 Å². The van der Waals surface area contributed by atoms with Gasteiger partial charge in [0, 0.05) is 5.69 Å². The van der Waals surface area contributed by atoms with Crippen molar-refractivity contribution in [1.29, 1.82) is 0 Å². The minimum atomic E-state index is -0.0271. The molecule has 0 unspecified atom stereocenters. The SMILES string of the molecule is CC[C@H](C)c1ccccc1NC(=O)c1cccs1. The molecule has 1 heterocycles. The van der Waals surface area contributed by atoms with E-state index in [1.54, 1.807) is 0 Å². The summed E-state index contributed by atoms with van der Waals surface area (Å²) in [6, 6.07) is 11.7. The number of carbonyl (C=O) groups is 1. The Morgan fingerprint density at radius 3 is 2.72 bits per heavy atom. The number of amides is 1. The van der Waals surface area contributed by atoms with Crippen LogP contribution in [0.3, 0.4) is 0 Å². The van der Waals surface area contributed by atoms with Gasteiger partial charge in [-0.1, -0.05) is 38.1 Å². The Morgan fingerprint density at radius 1 is 1.28 bits per heavy atom. The molecule has 0 radical (unpaired) electrons. The lowest BCUT2D eigenvalue weighted by Crippen LogP contribution is -2.12. The summed E-state index contributed by atoms with van der Waals surface area (Å²) in [4.78, 5) is 12.8. The minimum Gasteiger partial charge on any atom is -0.321 e. The Kier molecular flexibility index (Phi) is 4.15. The van der Waals surface area contributed by atoms with E-state index in [0.29, 0.717) is 5.92 Å². The Hall–Kier alpha value is -1.61. The van der Waals surface area contributed by atoms with Crippen molar-refractivity contribution in [3.8, 4) is 0 Å². The molecule has 1 atom stereocenters. The molecule has 0 saturated heterocycles. The van der Waals surface area contributed by atoms with Gasteiger partial charge in [0.2, 0.25) is 0 Å². The zero-order valence-corrected chi connectivity index (χ0v) is 11.5. The van der Waals surface area contributed by atoms with Crippen molar-refractivity contribution in [2.45, 2.75) is 26.2 Å². The predicted octanol–water partition coefficient (Wildman–Crippen LogP) is 4.51. The molecule has 3 heteroatoms. The summed E-state index contributed by atoms with van der Waals surface area (Å²) in [5.41, 5.74) is 2.12. The molecule has 1 amide bonds. The number of nitrogens with one attached hydrogen (secondary N) is 1. The molecular weight excluding hydrogens is 242 g/mol. The summed E-state index contributed by atoms with van der Waals surface area (Å²) in [5.74, 6) is 0.422. The van der Waals surface area contributed by atoms with Crippen LogP contribution < -0.4 is 5.32 Å². The van der Waals surface area contributed by atoms with Gasteiger partial charge in [0.1, 0.15) is 0 Å². The molecule has 18 heavy (non-hydrogen) atoms. The number of para-hydroxylation sites is 1. The lowest BCUT2D eigenvalue weighted by molar-refractivity contribution is 0.103. The molecule has 0 aliphatic carbocycles. The molecule has 1 aromatic heterocycles. The van der Waals surface area contributed by atoms with Gasteiger partial charge in [-0.2, -0.15) is 0 Å². The molecule has 0 aliphatic rings. The minimum absolute atomic E-state index is 0.0271. The van der Waals surface area contributed by atoms with E-state index in [1.807, 2.05) is 35.7 Å². The fourth-order valence-corrected chi connectivity index (χ4v) is 2.47. The number of thiophene rings is 1. The molecule has 2 nitrogen and oxygen atoms in total. The van der Waals surface area contributed by atoms with Gasteiger partial charge in [-0.15, -0.1) is 11.3 Å². The van der Waals surface area contributed by atoms with Crippen LogP contribution in [0.1, 0.15) is 41.4 Å². The van der Waals surface area contributed by atoms with E-state index >= 15 is 0 Å². The first-order chi connectivity index (χ1) is 8.72. The summed E-state index contributed by atoms with van der Waals surface area (Å²) in [6.07, 6.45) is 1.06. The zero-order valence-electron chi connectivity index (χ0n) is 10.6. The zero-order chi connectivity index (χ0) is 13.0. The van der Waals surface area contributed by atoms with E-state index in [2.05, 4.69) is 25.2 Å². The molecule has 1 N–H and O–H groups in total. The van der Waals surface area contributed by atoms with E-state index in [0.717, 1.165) is 17.0 Å². The van der Waals surface area contributed by atoms with Crippen LogP contribution in [-0.4, -0.2) is 5.91 Å². The van der Waals surface area contributed by atoms with E-state index < -0.39 is 0 Å². The number of hydrogen-bond donors (Lipinski definition) is 1. The molecular formula is C15H17NOS. The van der Waals surface area contributed by atoms with Crippen molar-refractivity contribution < 1.29 is 4.79 Å². The van der Waals surface area contributed by atoms with Crippen LogP contribution in [0.2, 0.25) is 0 Å². The highest BCUT2D eigenvalue weighted by atomic mass is 32.1. The normalized spacial score (nSPS) is 12.1. The topological polar surface area (TPSA) is 29.1 Å². The fourth-order valence-electron chi connectivity index (χ4n) is 1.85. The molecule has 94 valence electrons. The number of rotatable bonds is 4. The third-order valence-corrected chi connectivity index (χ3v) is 3.97. The first-order valence-corrected chi connectivity index (χ1v) is 7.04. The van der Waals surface area contributed by atoms with Gasteiger partial charge >= 0.3 is 0 Å². The van der Waals surface area contributed by atoms with Gasteiger partial charge < -0.3 is 5.32 Å². The summed E-state index contributed by atoms with van der Waals surface area (Å²) in [6.45, 7) is 4.33. The third kappa shape index (κ3) is 2.79. The number of carbonyl (C=O) groups excluding carboxylic acids is 1.